The Morgan fingerprint density at radius 2 is 1.85 bits per heavy atom. The van der Waals surface area contributed by atoms with Gasteiger partial charge in [0.1, 0.15) is 16.4 Å². The highest BCUT2D eigenvalue weighted by molar-refractivity contribution is 7.90. The zero-order valence-corrected chi connectivity index (χ0v) is 16.5. The number of aliphatic hydroxyl groups is 1. The summed E-state index contributed by atoms with van der Waals surface area (Å²) in [6.45, 7) is 0.0340. The third kappa shape index (κ3) is 4.99. The molecule has 146 valence electrons. The predicted octanol–water partition coefficient (Wildman–Crippen LogP) is 1.91. The lowest BCUT2D eigenvalue weighted by atomic mass is 10.1. The van der Waals surface area contributed by atoms with Gasteiger partial charge < -0.3 is 19.5 Å². The average Bonchev–Trinajstić information content (AvgIpc) is 2.66. The van der Waals surface area contributed by atoms with E-state index in [2.05, 4.69) is 0 Å². The highest BCUT2D eigenvalue weighted by Crippen LogP contribution is 2.26. The molecule has 0 aromatic heterocycles. The highest BCUT2D eigenvalue weighted by Gasteiger charge is 2.21. The standard InChI is InChI=1S/C19H23NO6S/c1-20(12-16(21)13-6-5-7-15(10-13)25-2)19(22)14-8-9-17(26-3)18(11-14)27(4,23)24/h5-11,16,21H,12H2,1-4H3. The van der Waals surface area contributed by atoms with Crippen LogP contribution in [0.15, 0.2) is 47.4 Å². The van der Waals surface area contributed by atoms with Gasteiger partial charge in [-0.3, -0.25) is 4.79 Å². The Bertz CT molecular complexity index is 926. The molecule has 0 aliphatic carbocycles. The van der Waals surface area contributed by atoms with E-state index in [1.54, 1.807) is 24.3 Å². The van der Waals surface area contributed by atoms with Crippen molar-refractivity contribution in [1.29, 1.82) is 0 Å². The van der Waals surface area contributed by atoms with Gasteiger partial charge in [0.2, 0.25) is 0 Å². The molecular weight excluding hydrogens is 370 g/mol. The quantitative estimate of drug-likeness (QED) is 0.772. The second kappa shape index (κ2) is 8.41. The molecule has 0 radical (unpaired) electrons. The molecule has 27 heavy (non-hydrogen) atoms. The number of ether oxygens (including phenoxy) is 2. The van der Waals surface area contributed by atoms with E-state index in [1.165, 1.54) is 44.4 Å². The van der Waals surface area contributed by atoms with Crippen molar-refractivity contribution in [1.82, 2.24) is 4.90 Å². The summed E-state index contributed by atoms with van der Waals surface area (Å²) < 4.78 is 34.0. The van der Waals surface area contributed by atoms with Crippen LogP contribution in [0.2, 0.25) is 0 Å². The van der Waals surface area contributed by atoms with Crippen molar-refractivity contribution in [3.05, 3.63) is 53.6 Å². The molecule has 2 rings (SSSR count). The maximum Gasteiger partial charge on any atom is 0.253 e. The molecule has 0 saturated carbocycles. The summed E-state index contributed by atoms with van der Waals surface area (Å²) in [5, 5.41) is 10.4. The Morgan fingerprint density at radius 1 is 1.15 bits per heavy atom. The Hall–Kier alpha value is -2.58. The molecule has 7 nitrogen and oxygen atoms in total. The Labute approximate surface area is 159 Å². The van der Waals surface area contributed by atoms with Gasteiger partial charge in [0.15, 0.2) is 9.84 Å². The third-order valence-electron chi connectivity index (χ3n) is 4.08. The zero-order valence-electron chi connectivity index (χ0n) is 15.7. The van der Waals surface area contributed by atoms with E-state index in [9.17, 15) is 18.3 Å². The van der Waals surface area contributed by atoms with Gasteiger partial charge in [0, 0.05) is 18.9 Å². The molecule has 1 amide bonds. The monoisotopic (exact) mass is 393 g/mol. The molecule has 1 unspecified atom stereocenters. The van der Waals surface area contributed by atoms with Crippen LogP contribution in [0.25, 0.3) is 0 Å². The minimum Gasteiger partial charge on any atom is -0.497 e. The second-order valence-electron chi connectivity index (χ2n) is 6.12. The fourth-order valence-corrected chi connectivity index (χ4v) is 3.47. The van der Waals surface area contributed by atoms with Crippen LogP contribution in [0.4, 0.5) is 0 Å². The van der Waals surface area contributed by atoms with Gasteiger partial charge in [-0.1, -0.05) is 12.1 Å². The number of aliphatic hydroxyl groups excluding tert-OH is 1. The summed E-state index contributed by atoms with van der Waals surface area (Å²) in [5.74, 6) is 0.367. The lowest BCUT2D eigenvalue weighted by Gasteiger charge is -2.22. The first-order chi connectivity index (χ1) is 12.7. The Balaban J connectivity index is 2.21. The molecule has 0 saturated heterocycles. The topological polar surface area (TPSA) is 93.1 Å². The number of benzene rings is 2. The number of carbonyl (C=O) groups excluding carboxylic acids is 1. The van der Waals surface area contributed by atoms with E-state index in [1.807, 2.05) is 0 Å². The van der Waals surface area contributed by atoms with Gasteiger partial charge in [0.25, 0.3) is 5.91 Å². The molecule has 8 heteroatoms. The first kappa shape index (κ1) is 20.7. The van der Waals surface area contributed by atoms with E-state index in [4.69, 9.17) is 9.47 Å². The molecule has 2 aromatic carbocycles. The largest absolute Gasteiger partial charge is 0.497 e. The highest BCUT2D eigenvalue weighted by atomic mass is 32.2. The number of carbonyl (C=O) groups is 1. The molecule has 0 bridgehead atoms. The van der Waals surface area contributed by atoms with Crippen molar-refractivity contribution < 1.29 is 27.8 Å². The average molecular weight is 393 g/mol. The maximum atomic E-state index is 12.7. The maximum absolute atomic E-state index is 12.7. The zero-order chi connectivity index (χ0) is 20.2. The second-order valence-corrected chi connectivity index (χ2v) is 8.10. The molecule has 2 aromatic rings. The van der Waals surface area contributed by atoms with E-state index in [0.717, 1.165) is 6.26 Å². The van der Waals surface area contributed by atoms with Crippen molar-refractivity contribution in [2.24, 2.45) is 0 Å². The Morgan fingerprint density at radius 3 is 2.44 bits per heavy atom. The fraction of sp³-hybridized carbons (Fsp3) is 0.316. The molecule has 0 aliphatic rings. The minimum atomic E-state index is -3.56. The first-order valence-corrected chi connectivity index (χ1v) is 10.0. The van der Waals surface area contributed by atoms with Crippen LogP contribution in [-0.2, 0) is 9.84 Å². The normalized spacial score (nSPS) is 12.3. The predicted molar refractivity (Wildman–Crippen MR) is 101 cm³/mol. The lowest BCUT2D eigenvalue weighted by molar-refractivity contribution is 0.0680. The van der Waals surface area contributed by atoms with E-state index < -0.39 is 21.8 Å². The molecule has 0 aliphatic heterocycles. The molecule has 1 N–H and O–H groups in total. The summed E-state index contributed by atoms with van der Waals surface area (Å²) >= 11 is 0. The number of hydrogen-bond acceptors (Lipinski definition) is 6. The smallest absolute Gasteiger partial charge is 0.253 e. The lowest BCUT2D eigenvalue weighted by Crippen LogP contribution is -2.31. The fourth-order valence-electron chi connectivity index (χ4n) is 2.62. The number of rotatable bonds is 7. The van der Waals surface area contributed by atoms with Crippen LogP contribution >= 0.6 is 0 Å². The number of nitrogens with zero attached hydrogens (tertiary/aromatic N) is 1. The summed E-state index contributed by atoms with van der Waals surface area (Å²) in [6.07, 6.45) is 0.136. The van der Waals surface area contributed by atoms with Crippen LogP contribution in [0.1, 0.15) is 22.0 Å². The van der Waals surface area contributed by atoms with Crippen molar-refractivity contribution in [3.8, 4) is 11.5 Å². The summed E-state index contributed by atoms with van der Waals surface area (Å²) in [5.41, 5.74) is 0.803. The van der Waals surface area contributed by atoms with Gasteiger partial charge >= 0.3 is 0 Å². The van der Waals surface area contributed by atoms with Crippen molar-refractivity contribution in [3.63, 3.8) is 0 Å². The van der Waals surface area contributed by atoms with Gasteiger partial charge in [-0.15, -0.1) is 0 Å². The number of likely N-dealkylation sites (N-methyl/N-ethyl adjacent to an activating group) is 1. The van der Waals surface area contributed by atoms with Crippen LogP contribution < -0.4 is 9.47 Å². The van der Waals surface area contributed by atoms with Crippen molar-refractivity contribution in [2.75, 3.05) is 34.1 Å². The number of methoxy groups -OCH3 is 2. The summed E-state index contributed by atoms with van der Waals surface area (Å²) in [4.78, 5) is 13.9. The van der Waals surface area contributed by atoms with E-state index in [0.29, 0.717) is 11.3 Å². The summed E-state index contributed by atoms with van der Waals surface area (Å²) in [7, 11) is 0.873. The number of amides is 1. The van der Waals surface area contributed by atoms with Gasteiger partial charge in [-0.25, -0.2) is 8.42 Å². The van der Waals surface area contributed by atoms with Crippen molar-refractivity contribution >= 4 is 15.7 Å². The summed E-state index contributed by atoms with van der Waals surface area (Å²) in [6, 6.07) is 11.2. The van der Waals surface area contributed by atoms with Gasteiger partial charge in [-0.05, 0) is 35.9 Å². The molecular formula is C19H23NO6S. The van der Waals surface area contributed by atoms with Crippen molar-refractivity contribution in [2.45, 2.75) is 11.0 Å². The molecule has 0 heterocycles. The molecule has 1 atom stereocenters. The van der Waals surface area contributed by atoms with E-state index in [-0.39, 0.29) is 22.8 Å². The molecule has 0 fully saturated rings. The number of sulfone groups is 1. The SMILES string of the molecule is COc1cccc(C(O)CN(C)C(=O)c2ccc(OC)c(S(C)(=O)=O)c2)c1. The van der Waals surface area contributed by atoms with Crippen LogP contribution in [0.3, 0.4) is 0 Å². The van der Waals surface area contributed by atoms with Crippen LogP contribution in [-0.4, -0.2) is 58.4 Å². The van der Waals surface area contributed by atoms with Gasteiger partial charge in [0.05, 0.1) is 26.9 Å². The van der Waals surface area contributed by atoms with E-state index >= 15 is 0 Å². The minimum absolute atomic E-state index is 0.0340. The van der Waals surface area contributed by atoms with Crippen LogP contribution in [0.5, 0.6) is 11.5 Å². The Kier molecular flexibility index (Phi) is 6.45. The third-order valence-corrected chi connectivity index (χ3v) is 5.20. The molecule has 0 spiro atoms. The van der Waals surface area contributed by atoms with Gasteiger partial charge in [-0.2, -0.15) is 0 Å². The first-order valence-electron chi connectivity index (χ1n) is 8.13. The number of hydrogen-bond donors (Lipinski definition) is 1. The van der Waals surface area contributed by atoms with Crippen LogP contribution in [0, 0.1) is 0 Å².